The summed E-state index contributed by atoms with van der Waals surface area (Å²) in [6.07, 6.45) is 1.45. The Labute approximate surface area is 181 Å². The molecule has 0 radical (unpaired) electrons. The Kier molecular flexibility index (Phi) is 6.08. The van der Waals surface area contributed by atoms with Crippen LogP contribution in [0, 0.1) is 0 Å². The van der Waals surface area contributed by atoms with Crippen LogP contribution in [0.4, 0.5) is 10.5 Å². The van der Waals surface area contributed by atoms with Crippen LogP contribution in [0.2, 0.25) is 0 Å². The number of ether oxygens (including phenoxy) is 1. The highest BCUT2D eigenvalue weighted by atomic mass is 32.2. The third-order valence-electron chi connectivity index (χ3n) is 5.33. The molecule has 2 aromatic carbocycles. The summed E-state index contributed by atoms with van der Waals surface area (Å²) in [5.41, 5.74) is 2.36. The summed E-state index contributed by atoms with van der Waals surface area (Å²) in [7, 11) is 1.61. The number of nitrogens with zero attached hydrogens (tertiary/aromatic N) is 3. The number of hydrogen-bond donors (Lipinski definition) is 1. The molecule has 1 spiro atoms. The maximum absolute atomic E-state index is 12.7. The summed E-state index contributed by atoms with van der Waals surface area (Å²) >= 11 is 1.74. The molecule has 2 heterocycles. The van der Waals surface area contributed by atoms with Gasteiger partial charge in [0.25, 0.3) is 0 Å². The Morgan fingerprint density at radius 2 is 1.90 bits per heavy atom. The highest BCUT2D eigenvalue weighted by Crippen LogP contribution is 2.35. The Balaban J connectivity index is 1.45. The largest absolute Gasteiger partial charge is 0.497 e. The summed E-state index contributed by atoms with van der Waals surface area (Å²) in [6.45, 7) is 3.37. The number of thioether (sulfide) groups is 1. The molecule has 4 rings (SSSR count). The zero-order valence-corrected chi connectivity index (χ0v) is 18.1. The lowest BCUT2D eigenvalue weighted by atomic mass is 9.98. The summed E-state index contributed by atoms with van der Waals surface area (Å²) in [6, 6.07) is 17.5. The Bertz CT molecular complexity index is 966. The molecule has 2 aliphatic rings. The first-order chi connectivity index (χ1) is 14.6. The van der Waals surface area contributed by atoms with E-state index in [1.807, 2.05) is 47.4 Å². The van der Waals surface area contributed by atoms with Crippen LogP contribution in [0.15, 0.2) is 64.6 Å². The van der Waals surface area contributed by atoms with Crippen molar-refractivity contribution < 1.29 is 9.53 Å². The first-order valence-electron chi connectivity index (χ1n) is 10.2. The minimum atomic E-state index is -0.449. The zero-order valence-electron chi connectivity index (χ0n) is 17.3. The molecule has 6 nitrogen and oxygen atoms in total. The molecule has 0 atom stereocenters. The van der Waals surface area contributed by atoms with Crippen molar-refractivity contribution in [2.24, 2.45) is 9.98 Å². The van der Waals surface area contributed by atoms with Crippen LogP contribution in [0.1, 0.15) is 25.3 Å². The number of piperidine rings is 1. The zero-order chi connectivity index (χ0) is 21.0. The minimum absolute atomic E-state index is 0.101. The maximum Gasteiger partial charge on any atom is 0.321 e. The number of benzene rings is 2. The number of rotatable bonds is 4. The Morgan fingerprint density at radius 1 is 1.13 bits per heavy atom. The predicted octanol–water partition coefficient (Wildman–Crippen LogP) is 4.67. The van der Waals surface area contributed by atoms with E-state index in [0.29, 0.717) is 13.1 Å². The first kappa shape index (κ1) is 20.5. The van der Waals surface area contributed by atoms with Gasteiger partial charge in [-0.3, -0.25) is 4.99 Å². The van der Waals surface area contributed by atoms with Crippen molar-refractivity contribution in [2.45, 2.75) is 25.4 Å². The number of carbonyl (C=O) groups excluding carboxylic acids is 1. The molecule has 1 fully saturated rings. The summed E-state index contributed by atoms with van der Waals surface area (Å²) < 4.78 is 5.23. The minimum Gasteiger partial charge on any atom is -0.497 e. The lowest BCUT2D eigenvalue weighted by Gasteiger charge is -2.35. The second-order valence-corrected chi connectivity index (χ2v) is 8.56. The van der Waals surface area contributed by atoms with Crippen LogP contribution < -0.4 is 10.1 Å². The van der Waals surface area contributed by atoms with Gasteiger partial charge in [-0.1, -0.05) is 43.3 Å². The number of nitrogens with one attached hydrogen (secondary N) is 1. The highest BCUT2D eigenvalue weighted by molar-refractivity contribution is 8.15. The van der Waals surface area contributed by atoms with Gasteiger partial charge in [0, 0.05) is 43.2 Å². The normalized spacial score (nSPS) is 17.5. The standard InChI is InChI=1S/C23H26N4O2S/c1-3-30-21-20(17-8-5-4-6-9-17)25-23(26-21)12-14-27(15-13-23)22(28)24-18-10-7-11-19(16-18)29-2/h4-11,16H,3,12-15H2,1-2H3,(H,24,28). The average Bonchev–Trinajstić information content (AvgIpc) is 3.13. The fraction of sp³-hybridized carbons (Fsp3) is 0.348. The Morgan fingerprint density at radius 3 is 2.60 bits per heavy atom. The van der Waals surface area contributed by atoms with Gasteiger partial charge in [-0.25, -0.2) is 9.79 Å². The van der Waals surface area contributed by atoms with Crippen LogP contribution in [0.25, 0.3) is 0 Å². The lowest BCUT2D eigenvalue weighted by molar-refractivity contribution is 0.175. The topological polar surface area (TPSA) is 66.3 Å². The molecular formula is C23H26N4O2S. The molecule has 2 amide bonds. The van der Waals surface area contributed by atoms with Crippen molar-refractivity contribution in [3.8, 4) is 5.75 Å². The van der Waals surface area contributed by atoms with Gasteiger partial charge in [0.1, 0.15) is 10.8 Å². The van der Waals surface area contributed by atoms with E-state index in [-0.39, 0.29) is 6.03 Å². The van der Waals surface area contributed by atoms with Crippen LogP contribution in [0.5, 0.6) is 5.75 Å². The summed E-state index contributed by atoms with van der Waals surface area (Å²) in [4.78, 5) is 24.7. The lowest BCUT2D eigenvalue weighted by Crippen LogP contribution is -2.46. The number of anilines is 1. The SMILES string of the molecule is CCSC1=NC2(CCN(C(=O)Nc3cccc(OC)c3)CC2)N=C1c1ccccc1. The number of carbonyl (C=O) groups is 1. The molecule has 2 aliphatic heterocycles. The first-order valence-corrected chi connectivity index (χ1v) is 11.2. The van der Waals surface area contributed by atoms with Crippen molar-refractivity contribution in [3.05, 3.63) is 60.2 Å². The maximum atomic E-state index is 12.7. The number of amides is 2. The molecule has 156 valence electrons. The van der Waals surface area contributed by atoms with Gasteiger partial charge in [-0.2, -0.15) is 0 Å². The van der Waals surface area contributed by atoms with Gasteiger partial charge in [0.2, 0.25) is 0 Å². The fourth-order valence-electron chi connectivity index (χ4n) is 3.74. The van der Waals surface area contributed by atoms with E-state index in [1.165, 1.54) is 0 Å². The number of likely N-dealkylation sites (tertiary alicyclic amines) is 1. The van der Waals surface area contributed by atoms with E-state index in [9.17, 15) is 4.79 Å². The van der Waals surface area contributed by atoms with E-state index in [0.717, 1.165) is 46.4 Å². The summed E-state index contributed by atoms with van der Waals surface area (Å²) in [5, 5.41) is 3.97. The van der Waals surface area contributed by atoms with Gasteiger partial charge in [-0.15, -0.1) is 11.8 Å². The van der Waals surface area contributed by atoms with Crippen LogP contribution in [0.3, 0.4) is 0 Å². The van der Waals surface area contributed by atoms with E-state index in [4.69, 9.17) is 14.7 Å². The fourth-order valence-corrected chi connectivity index (χ4v) is 4.55. The van der Waals surface area contributed by atoms with E-state index >= 15 is 0 Å². The molecular weight excluding hydrogens is 396 g/mol. The predicted molar refractivity (Wildman–Crippen MR) is 124 cm³/mol. The van der Waals surface area contributed by atoms with Crippen molar-refractivity contribution in [3.63, 3.8) is 0 Å². The van der Waals surface area contributed by atoms with Crippen molar-refractivity contribution in [2.75, 3.05) is 31.3 Å². The van der Waals surface area contributed by atoms with Gasteiger partial charge >= 0.3 is 6.03 Å². The number of methoxy groups -OCH3 is 1. The molecule has 0 aliphatic carbocycles. The van der Waals surface area contributed by atoms with Crippen LogP contribution in [-0.2, 0) is 0 Å². The molecule has 0 bridgehead atoms. The smallest absolute Gasteiger partial charge is 0.321 e. The van der Waals surface area contributed by atoms with E-state index in [1.54, 1.807) is 18.9 Å². The van der Waals surface area contributed by atoms with Crippen molar-refractivity contribution >= 4 is 34.2 Å². The van der Waals surface area contributed by atoms with Crippen molar-refractivity contribution in [1.82, 2.24) is 4.90 Å². The van der Waals surface area contributed by atoms with Gasteiger partial charge in [0.15, 0.2) is 5.66 Å². The number of urea groups is 1. The van der Waals surface area contributed by atoms with Crippen molar-refractivity contribution in [1.29, 1.82) is 0 Å². The van der Waals surface area contributed by atoms with Gasteiger partial charge in [-0.05, 0) is 17.9 Å². The summed E-state index contributed by atoms with van der Waals surface area (Å²) in [5.74, 6) is 1.67. The van der Waals surface area contributed by atoms with Gasteiger partial charge in [0.05, 0.1) is 12.8 Å². The second-order valence-electron chi connectivity index (χ2n) is 7.31. The number of hydrogen-bond acceptors (Lipinski definition) is 5. The monoisotopic (exact) mass is 422 g/mol. The van der Waals surface area contributed by atoms with E-state index in [2.05, 4.69) is 24.4 Å². The molecule has 2 aromatic rings. The van der Waals surface area contributed by atoms with E-state index < -0.39 is 5.66 Å². The number of aliphatic imine (C=N–C) groups is 2. The second kappa shape index (κ2) is 8.92. The highest BCUT2D eigenvalue weighted by Gasteiger charge is 2.40. The third kappa shape index (κ3) is 4.36. The molecule has 1 saturated heterocycles. The van der Waals surface area contributed by atoms with Crippen LogP contribution in [-0.4, -0.2) is 53.3 Å². The quantitative estimate of drug-likeness (QED) is 0.778. The van der Waals surface area contributed by atoms with Crippen LogP contribution >= 0.6 is 11.8 Å². The van der Waals surface area contributed by atoms with Gasteiger partial charge < -0.3 is 15.0 Å². The molecule has 0 unspecified atom stereocenters. The average molecular weight is 423 g/mol. The molecule has 0 saturated carbocycles. The molecule has 1 N–H and O–H groups in total. The molecule has 7 heteroatoms. The third-order valence-corrected chi connectivity index (χ3v) is 6.18. The Hall–Kier alpha value is -2.80. The molecule has 30 heavy (non-hydrogen) atoms. The molecule has 0 aromatic heterocycles.